The van der Waals surface area contributed by atoms with Gasteiger partial charge in [0, 0.05) is 19.6 Å². The summed E-state index contributed by atoms with van der Waals surface area (Å²) in [5.74, 6) is 0. The fourth-order valence-electron chi connectivity index (χ4n) is 1.83. The van der Waals surface area contributed by atoms with Gasteiger partial charge in [-0.05, 0) is 26.5 Å². The first-order valence-corrected chi connectivity index (χ1v) is 6.64. The Morgan fingerprint density at radius 3 is 2.78 bits per heavy atom. The second-order valence-corrected chi connectivity index (χ2v) is 4.37. The van der Waals surface area contributed by atoms with E-state index in [1.165, 1.54) is 5.69 Å². The molecule has 0 spiro atoms. The van der Waals surface area contributed by atoms with Crippen LogP contribution >= 0.6 is 0 Å². The number of ether oxygens (including phenoxy) is 1. The molecule has 0 aliphatic heterocycles. The van der Waals surface area contributed by atoms with Crippen LogP contribution in [0, 0.1) is 0 Å². The molecule has 0 fully saturated rings. The van der Waals surface area contributed by atoms with Gasteiger partial charge in [0.2, 0.25) is 0 Å². The average Bonchev–Trinajstić information content (AvgIpc) is 2.77. The SMILES string of the molecule is CCc1cc(CN(C)CCOCCO)n(CC)n1. The molecular formula is C13H25N3O2. The van der Waals surface area contributed by atoms with Gasteiger partial charge in [-0.25, -0.2) is 0 Å². The van der Waals surface area contributed by atoms with E-state index in [0.29, 0.717) is 13.2 Å². The zero-order valence-corrected chi connectivity index (χ0v) is 11.7. The Bertz CT molecular complexity index is 339. The van der Waals surface area contributed by atoms with Crippen molar-refractivity contribution in [3.63, 3.8) is 0 Å². The van der Waals surface area contributed by atoms with Gasteiger partial charge in [0.15, 0.2) is 0 Å². The van der Waals surface area contributed by atoms with Gasteiger partial charge >= 0.3 is 0 Å². The minimum atomic E-state index is 0.0895. The Morgan fingerprint density at radius 1 is 1.39 bits per heavy atom. The molecule has 0 atom stereocenters. The number of hydrogen-bond donors (Lipinski definition) is 1. The average molecular weight is 255 g/mol. The smallest absolute Gasteiger partial charge is 0.0698 e. The van der Waals surface area contributed by atoms with Gasteiger partial charge in [-0.15, -0.1) is 0 Å². The van der Waals surface area contributed by atoms with Crippen molar-refractivity contribution in [1.29, 1.82) is 0 Å². The van der Waals surface area contributed by atoms with Crippen molar-refractivity contribution >= 4 is 0 Å². The van der Waals surface area contributed by atoms with Crippen molar-refractivity contribution in [3.05, 3.63) is 17.5 Å². The topological polar surface area (TPSA) is 50.5 Å². The van der Waals surface area contributed by atoms with Crippen LogP contribution in [0.3, 0.4) is 0 Å². The molecule has 5 nitrogen and oxygen atoms in total. The third-order valence-corrected chi connectivity index (χ3v) is 2.86. The normalized spacial score (nSPS) is 11.4. The molecule has 104 valence electrons. The lowest BCUT2D eigenvalue weighted by molar-refractivity contribution is 0.0769. The third-order valence-electron chi connectivity index (χ3n) is 2.86. The first-order chi connectivity index (χ1) is 8.71. The first-order valence-electron chi connectivity index (χ1n) is 6.64. The minimum Gasteiger partial charge on any atom is -0.394 e. The zero-order chi connectivity index (χ0) is 13.4. The first kappa shape index (κ1) is 15.1. The molecule has 5 heteroatoms. The summed E-state index contributed by atoms with van der Waals surface area (Å²) in [6.07, 6.45) is 0.976. The molecular weight excluding hydrogens is 230 g/mol. The maximum atomic E-state index is 8.61. The summed E-state index contributed by atoms with van der Waals surface area (Å²) in [7, 11) is 2.07. The highest BCUT2D eigenvalue weighted by Crippen LogP contribution is 2.08. The van der Waals surface area contributed by atoms with Crippen molar-refractivity contribution in [3.8, 4) is 0 Å². The van der Waals surface area contributed by atoms with Crippen LogP contribution in [0.15, 0.2) is 6.07 Å². The summed E-state index contributed by atoms with van der Waals surface area (Å²) in [4.78, 5) is 2.21. The number of aliphatic hydroxyl groups is 1. The monoisotopic (exact) mass is 255 g/mol. The predicted molar refractivity (Wildman–Crippen MR) is 71.5 cm³/mol. The molecule has 0 aliphatic rings. The Hall–Kier alpha value is -0.910. The van der Waals surface area contributed by atoms with Crippen LogP contribution in [0.5, 0.6) is 0 Å². The van der Waals surface area contributed by atoms with Gasteiger partial charge in [0.25, 0.3) is 0 Å². The maximum Gasteiger partial charge on any atom is 0.0698 e. The standard InChI is InChI=1S/C13H25N3O2/c1-4-12-10-13(16(5-2)14-12)11-15(3)6-8-18-9-7-17/h10,17H,4-9,11H2,1-3H3. The predicted octanol–water partition coefficient (Wildman–Crippen LogP) is 0.906. The highest BCUT2D eigenvalue weighted by molar-refractivity contribution is 5.10. The Morgan fingerprint density at radius 2 is 2.17 bits per heavy atom. The molecule has 1 heterocycles. The summed E-state index contributed by atoms with van der Waals surface area (Å²) in [5, 5.41) is 13.2. The second kappa shape index (κ2) is 8.24. The van der Waals surface area contributed by atoms with Gasteiger partial charge in [-0.3, -0.25) is 9.58 Å². The van der Waals surface area contributed by atoms with E-state index in [1.807, 2.05) is 0 Å². The third kappa shape index (κ3) is 4.76. The Balaban J connectivity index is 2.42. The lowest BCUT2D eigenvalue weighted by atomic mass is 10.3. The van der Waals surface area contributed by atoms with Crippen molar-refractivity contribution < 1.29 is 9.84 Å². The summed E-state index contributed by atoms with van der Waals surface area (Å²) in [5.41, 5.74) is 2.40. The summed E-state index contributed by atoms with van der Waals surface area (Å²) in [6.45, 7) is 8.04. The van der Waals surface area contributed by atoms with Crippen LogP contribution in [0.2, 0.25) is 0 Å². The van der Waals surface area contributed by atoms with Crippen LogP contribution in [0.4, 0.5) is 0 Å². The van der Waals surface area contributed by atoms with Gasteiger partial charge in [0.05, 0.1) is 31.2 Å². The lowest BCUT2D eigenvalue weighted by Crippen LogP contribution is -2.24. The number of nitrogens with zero attached hydrogens (tertiary/aromatic N) is 3. The lowest BCUT2D eigenvalue weighted by Gasteiger charge is -2.16. The molecule has 1 N–H and O–H groups in total. The molecule has 0 aliphatic carbocycles. The number of aliphatic hydroxyl groups excluding tert-OH is 1. The van der Waals surface area contributed by atoms with Crippen LogP contribution in [-0.4, -0.2) is 53.2 Å². The molecule has 0 radical (unpaired) electrons. The number of aromatic nitrogens is 2. The quantitative estimate of drug-likeness (QED) is 0.666. The number of rotatable bonds is 9. The van der Waals surface area contributed by atoms with E-state index >= 15 is 0 Å². The molecule has 1 rings (SSSR count). The van der Waals surface area contributed by atoms with Gasteiger partial charge < -0.3 is 9.84 Å². The summed E-state index contributed by atoms with van der Waals surface area (Å²) >= 11 is 0. The number of likely N-dealkylation sites (N-methyl/N-ethyl adjacent to an activating group) is 1. The molecule has 0 amide bonds. The zero-order valence-electron chi connectivity index (χ0n) is 11.7. The molecule has 0 saturated carbocycles. The van der Waals surface area contributed by atoms with E-state index in [4.69, 9.17) is 9.84 Å². The van der Waals surface area contributed by atoms with E-state index in [1.54, 1.807) is 0 Å². The molecule has 1 aromatic rings. The molecule has 1 aromatic heterocycles. The summed E-state index contributed by atoms with van der Waals surface area (Å²) < 4.78 is 7.32. The minimum absolute atomic E-state index is 0.0895. The highest BCUT2D eigenvalue weighted by Gasteiger charge is 2.08. The number of hydrogen-bond acceptors (Lipinski definition) is 4. The van der Waals surface area contributed by atoms with Gasteiger partial charge in [-0.2, -0.15) is 5.10 Å². The van der Waals surface area contributed by atoms with Crippen molar-refractivity contribution in [1.82, 2.24) is 14.7 Å². The second-order valence-electron chi connectivity index (χ2n) is 4.37. The fraction of sp³-hybridized carbons (Fsp3) is 0.769. The van der Waals surface area contributed by atoms with Crippen molar-refractivity contribution in [2.24, 2.45) is 0 Å². The van der Waals surface area contributed by atoms with E-state index in [-0.39, 0.29) is 6.61 Å². The molecule has 0 saturated heterocycles. The molecule has 0 aromatic carbocycles. The van der Waals surface area contributed by atoms with Crippen LogP contribution < -0.4 is 0 Å². The largest absolute Gasteiger partial charge is 0.394 e. The van der Waals surface area contributed by atoms with Crippen molar-refractivity contribution in [2.45, 2.75) is 33.4 Å². The van der Waals surface area contributed by atoms with E-state index < -0.39 is 0 Å². The Kier molecular flexibility index (Phi) is 6.93. The van der Waals surface area contributed by atoms with E-state index in [0.717, 1.165) is 31.7 Å². The van der Waals surface area contributed by atoms with Crippen LogP contribution in [0.1, 0.15) is 25.2 Å². The van der Waals surface area contributed by atoms with Gasteiger partial charge in [-0.1, -0.05) is 6.92 Å². The highest BCUT2D eigenvalue weighted by atomic mass is 16.5. The van der Waals surface area contributed by atoms with E-state index in [2.05, 4.69) is 41.6 Å². The molecule has 0 bridgehead atoms. The Labute approximate surface area is 109 Å². The van der Waals surface area contributed by atoms with E-state index in [9.17, 15) is 0 Å². The van der Waals surface area contributed by atoms with Gasteiger partial charge in [0.1, 0.15) is 0 Å². The van der Waals surface area contributed by atoms with Crippen molar-refractivity contribution in [2.75, 3.05) is 33.4 Å². The summed E-state index contributed by atoms with van der Waals surface area (Å²) in [6, 6.07) is 2.18. The fourth-order valence-corrected chi connectivity index (χ4v) is 1.83. The molecule has 0 unspecified atom stereocenters. The van der Waals surface area contributed by atoms with Crippen LogP contribution in [-0.2, 0) is 24.2 Å². The molecule has 18 heavy (non-hydrogen) atoms. The number of aryl methyl sites for hydroxylation is 2. The maximum absolute atomic E-state index is 8.61. The van der Waals surface area contributed by atoms with Crippen LogP contribution in [0.25, 0.3) is 0 Å².